The van der Waals surface area contributed by atoms with Gasteiger partial charge in [-0.05, 0) is 12.1 Å². The van der Waals surface area contributed by atoms with Crippen LogP contribution in [0.3, 0.4) is 0 Å². The van der Waals surface area contributed by atoms with Crippen LogP contribution in [0.5, 0.6) is 0 Å². The van der Waals surface area contributed by atoms with Gasteiger partial charge in [-0.2, -0.15) is 0 Å². The van der Waals surface area contributed by atoms with Crippen LogP contribution >= 0.6 is 0 Å². The van der Waals surface area contributed by atoms with Gasteiger partial charge in [0.05, 0.1) is 31.9 Å². The summed E-state index contributed by atoms with van der Waals surface area (Å²) in [5.41, 5.74) is 1.62. The van der Waals surface area contributed by atoms with Crippen LogP contribution in [0.2, 0.25) is 0 Å². The van der Waals surface area contributed by atoms with Crippen molar-refractivity contribution in [3.63, 3.8) is 0 Å². The van der Waals surface area contributed by atoms with Crippen molar-refractivity contribution in [2.45, 2.75) is 31.6 Å². The van der Waals surface area contributed by atoms with Gasteiger partial charge in [0.15, 0.2) is 5.58 Å². The van der Waals surface area contributed by atoms with E-state index in [2.05, 4.69) is 5.16 Å². The summed E-state index contributed by atoms with van der Waals surface area (Å²) in [6.07, 6.45) is 5.13. The zero-order valence-corrected chi connectivity index (χ0v) is 11.6. The zero-order chi connectivity index (χ0) is 13.6. The highest BCUT2D eigenvalue weighted by atomic mass is 19.1. The SMILES string of the molecule is Fc1ccc2c(C3CC[N+]4(CCCC4)CC3)noc2c1. The largest absolute Gasteiger partial charge is 0.356 e. The van der Waals surface area contributed by atoms with Gasteiger partial charge in [-0.1, -0.05) is 5.16 Å². The molecule has 2 saturated heterocycles. The van der Waals surface area contributed by atoms with Crippen molar-refractivity contribution >= 4 is 11.0 Å². The van der Waals surface area contributed by atoms with E-state index in [4.69, 9.17) is 4.52 Å². The molecule has 3 nitrogen and oxygen atoms in total. The second-order valence-electron chi connectivity index (χ2n) is 6.43. The molecule has 2 aliphatic rings. The fourth-order valence-electron chi connectivity index (χ4n) is 4.07. The standard InChI is InChI=1S/C16H20FN2O/c17-13-3-4-14-15(11-13)20-18-16(14)12-5-9-19(10-6-12)7-1-2-8-19/h3-4,11-12H,1-2,5-10H2/q+1. The minimum absolute atomic E-state index is 0.259. The summed E-state index contributed by atoms with van der Waals surface area (Å²) in [5.74, 6) is 0.219. The van der Waals surface area contributed by atoms with E-state index in [-0.39, 0.29) is 5.82 Å². The molecule has 0 aliphatic carbocycles. The van der Waals surface area contributed by atoms with Crippen LogP contribution in [0, 0.1) is 5.82 Å². The number of nitrogens with zero attached hydrogens (tertiary/aromatic N) is 2. The number of fused-ring (bicyclic) bond motifs is 1. The third kappa shape index (κ3) is 1.94. The summed E-state index contributed by atoms with van der Waals surface area (Å²) in [7, 11) is 0. The fourth-order valence-corrected chi connectivity index (χ4v) is 4.07. The lowest BCUT2D eigenvalue weighted by atomic mass is 9.90. The Labute approximate surface area is 117 Å². The Bertz CT molecular complexity index is 620. The molecule has 2 fully saturated rings. The molecule has 4 heteroatoms. The predicted molar refractivity (Wildman–Crippen MR) is 74.9 cm³/mol. The Morgan fingerprint density at radius 3 is 2.60 bits per heavy atom. The van der Waals surface area contributed by atoms with Gasteiger partial charge < -0.3 is 9.01 Å². The van der Waals surface area contributed by atoms with Crippen molar-refractivity contribution in [3.05, 3.63) is 29.7 Å². The molecule has 0 unspecified atom stereocenters. The Balaban J connectivity index is 1.58. The van der Waals surface area contributed by atoms with Crippen LogP contribution < -0.4 is 0 Å². The average molecular weight is 275 g/mol. The number of piperidine rings is 1. The Morgan fingerprint density at radius 1 is 1.10 bits per heavy atom. The smallest absolute Gasteiger partial charge is 0.170 e. The average Bonchev–Trinajstić information content (AvgIpc) is 3.07. The van der Waals surface area contributed by atoms with Crippen LogP contribution in [0.1, 0.15) is 37.3 Å². The monoisotopic (exact) mass is 275 g/mol. The molecule has 4 rings (SSSR count). The summed E-state index contributed by atoms with van der Waals surface area (Å²) in [6, 6.07) is 4.74. The summed E-state index contributed by atoms with van der Waals surface area (Å²) < 4.78 is 19.8. The minimum Gasteiger partial charge on any atom is -0.356 e. The van der Waals surface area contributed by atoms with Gasteiger partial charge in [-0.25, -0.2) is 4.39 Å². The maximum Gasteiger partial charge on any atom is 0.170 e. The Morgan fingerprint density at radius 2 is 1.85 bits per heavy atom. The normalized spacial score (nSPS) is 22.9. The number of hydrogen-bond donors (Lipinski definition) is 0. The second-order valence-corrected chi connectivity index (χ2v) is 6.43. The van der Waals surface area contributed by atoms with Crippen molar-refractivity contribution in [1.82, 2.24) is 5.16 Å². The van der Waals surface area contributed by atoms with Crippen LogP contribution in [0.25, 0.3) is 11.0 Å². The molecule has 0 radical (unpaired) electrons. The number of halogens is 1. The Hall–Kier alpha value is -1.42. The van der Waals surface area contributed by atoms with E-state index in [9.17, 15) is 4.39 Å². The lowest BCUT2D eigenvalue weighted by Crippen LogP contribution is -2.50. The third-order valence-corrected chi connectivity index (χ3v) is 5.27. The quantitative estimate of drug-likeness (QED) is 0.745. The molecule has 2 aromatic rings. The van der Waals surface area contributed by atoms with Crippen molar-refractivity contribution in [3.8, 4) is 0 Å². The highest BCUT2D eigenvalue weighted by molar-refractivity contribution is 5.79. The number of benzene rings is 1. The van der Waals surface area contributed by atoms with Gasteiger partial charge in [0.1, 0.15) is 5.82 Å². The van der Waals surface area contributed by atoms with Gasteiger partial charge >= 0.3 is 0 Å². The molecule has 1 aromatic carbocycles. The van der Waals surface area contributed by atoms with Crippen LogP contribution in [0.4, 0.5) is 4.39 Å². The first-order valence-corrected chi connectivity index (χ1v) is 7.66. The maximum absolute atomic E-state index is 13.2. The van der Waals surface area contributed by atoms with E-state index in [0.717, 1.165) is 11.1 Å². The Kier molecular flexibility index (Phi) is 2.81. The van der Waals surface area contributed by atoms with Crippen LogP contribution in [0.15, 0.2) is 22.7 Å². The topological polar surface area (TPSA) is 26.0 Å². The van der Waals surface area contributed by atoms with E-state index < -0.39 is 0 Å². The molecule has 1 aromatic heterocycles. The number of quaternary nitrogens is 1. The lowest BCUT2D eigenvalue weighted by Gasteiger charge is -2.40. The minimum atomic E-state index is -0.259. The first-order valence-electron chi connectivity index (χ1n) is 7.66. The number of hydrogen-bond acceptors (Lipinski definition) is 2. The number of aromatic nitrogens is 1. The van der Waals surface area contributed by atoms with E-state index in [1.54, 1.807) is 0 Å². The molecule has 1 spiro atoms. The molecule has 3 heterocycles. The molecular formula is C16H20FN2O+. The lowest BCUT2D eigenvalue weighted by molar-refractivity contribution is -0.921. The second kappa shape index (κ2) is 4.55. The molecule has 0 N–H and O–H groups in total. The van der Waals surface area contributed by atoms with E-state index in [0.29, 0.717) is 11.5 Å². The summed E-state index contributed by atoms with van der Waals surface area (Å²) in [5, 5.41) is 5.22. The molecule has 0 amide bonds. The van der Waals surface area contributed by atoms with Crippen molar-refractivity contribution < 1.29 is 13.4 Å². The van der Waals surface area contributed by atoms with E-state index in [1.165, 1.54) is 68.5 Å². The first kappa shape index (κ1) is 12.3. The van der Waals surface area contributed by atoms with Crippen molar-refractivity contribution in [2.24, 2.45) is 0 Å². The molecule has 106 valence electrons. The molecule has 0 atom stereocenters. The number of rotatable bonds is 1. The van der Waals surface area contributed by atoms with Crippen LogP contribution in [-0.4, -0.2) is 35.8 Å². The van der Waals surface area contributed by atoms with Gasteiger partial charge in [0.2, 0.25) is 0 Å². The third-order valence-electron chi connectivity index (χ3n) is 5.27. The molecule has 20 heavy (non-hydrogen) atoms. The van der Waals surface area contributed by atoms with Crippen molar-refractivity contribution in [1.29, 1.82) is 0 Å². The van der Waals surface area contributed by atoms with Gasteiger partial charge in [0, 0.05) is 43.1 Å². The van der Waals surface area contributed by atoms with E-state index >= 15 is 0 Å². The van der Waals surface area contributed by atoms with Gasteiger partial charge in [-0.3, -0.25) is 0 Å². The summed E-state index contributed by atoms with van der Waals surface area (Å²) in [4.78, 5) is 0. The molecular weight excluding hydrogens is 255 g/mol. The molecule has 2 aliphatic heterocycles. The maximum atomic E-state index is 13.2. The highest BCUT2D eigenvalue weighted by Gasteiger charge is 2.38. The zero-order valence-electron chi connectivity index (χ0n) is 11.6. The van der Waals surface area contributed by atoms with Crippen LogP contribution in [-0.2, 0) is 0 Å². The first-order chi connectivity index (χ1) is 9.76. The predicted octanol–water partition coefficient (Wildman–Crippen LogP) is 3.45. The van der Waals surface area contributed by atoms with Gasteiger partial charge in [-0.15, -0.1) is 0 Å². The van der Waals surface area contributed by atoms with Gasteiger partial charge in [0.25, 0.3) is 0 Å². The fraction of sp³-hybridized carbons (Fsp3) is 0.562. The summed E-state index contributed by atoms with van der Waals surface area (Å²) >= 11 is 0. The summed E-state index contributed by atoms with van der Waals surface area (Å²) in [6.45, 7) is 5.25. The van der Waals surface area contributed by atoms with E-state index in [1.807, 2.05) is 6.07 Å². The molecule has 0 saturated carbocycles. The highest BCUT2D eigenvalue weighted by Crippen LogP contribution is 2.36. The van der Waals surface area contributed by atoms with Crippen molar-refractivity contribution in [2.75, 3.05) is 26.2 Å². The molecule has 0 bridgehead atoms.